The molecule has 0 saturated heterocycles. The van der Waals surface area contributed by atoms with E-state index in [1.54, 1.807) is 24.3 Å². The van der Waals surface area contributed by atoms with Crippen LogP contribution in [0.25, 0.3) is 0 Å². The van der Waals surface area contributed by atoms with E-state index in [-0.39, 0.29) is 11.5 Å². The quantitative estimate of drug-likeness (QED) is 0.676. The number of hydrogen-bond acceptors (Lipinski definition) is 4. The molecule has 122 valence electrons. The number of aliphatic imine (C=N–C) groups is 1. The van der Waals surface area contributed by atoms with Gasteiger partial charge in [0.05, 0.1) is 0 Å². The molecule has 0 bridgehead atoms. The number of benzene rings is 2. The van der Waals surface area contributed by atoms with Gasteiger partial charge >= 0.3 is 0 Å². The van der Waals surface area contributed by atoms with Gasteiger partial charge in [-0.15, -0.1) is 0 Å². The highest BCUT2D eigenvalue weighted by molar-refractivity contribution is 6.51. The molecule has 4 nitrogen and oxygen atoms in total. The first-order valence-corrected chi connectivity index (χ1v) is 7.95. The van der Waals surface area contributed by atoms with Gasteiger partial charge in [0.1, 0.15) is 12.3 Å². The van der Waals surface area contributed by atoms with Gasteiger partial charge in [0.15, 0.2) is 11.5 Å². The molecule has 2 aromatic rings. The average molecular weight is 321 g/mol. The normalized spacial score (nSPS) is 13.5. The fourth-order valence-corrected chi connectivity index (χ4v) is 2.68. The van der Waals surface area contributed by atoms with E-state index in [9.17, 15) is 9.90 Å². The lowest BCUT2D eigenvalue weighted by molar-refractivity contribution is 0.106. The summed E-state index contributed by atoms with van der Waals surface area (Å²) in [6.07, 6.45) is 4.48. The first-order chi connectivity index (χ1) is 11.7. The molecule has 24 heavy (non-hydrogen) atoms. The highest BCUT2D eigenvalue weighted by atomic mass is 16.5. The van der Waals surface area contributed by atoms with Crippen LogP contribution < -0.4 is 4.74 Å². The van der Waals surface area contributed by atoms with Crippen LogP contribution >= 0.6 is 0 Å². The second kappa shape index (κ2) is 7.13. The van der Waals surface area contributed by atoms with E-state index in [0.29, 0.717) is 35.7 Å². The fourth-order valence-electron chi connectivity index (χ4n) is 2.68. The molecule has 0 radical (unpaired) electrons. The summed E-state index contributed by atoms with van der Waals surface area (Å²) in [7, 11) is 0. The van der Waals surface area contributed by atoms with E-state index in [1.165, 1.54) is 0 Å². The molecule has 3 rings (SSSR count). The lowest BCUT2D eigenvalue weighted by atomic mass is 9.92. The summed E-state index contributed by atoms with van der Waals surface area (Å²) in [6.45, 7) is 2.86. The molecule has 0 atom stereocenters. The Morgan fingerprint density at radius 3 is 2.83 bits per heavy atom. The molecule has 1 N–H and O–H groups in total. The van der Waals surface area contributed by atoms with Gasteiger partial charge in [-0.3, -0.25) is 9.79 Å². The van der Waals surface area contributed by atoms with Gasteiger partial charge in [-0.2, -0.15) is 0 Å². The molecule has 2 aromatic carbocycles. The Balaban J connectivity index is 1.93. The third kappa shape index (κ3) is 3.23. The summed E-state index contributed by atoms with van der Waals surface area (Å²) in [5.74, 6) is 0.326. The molecule has 0 unspecified atom stereocenters. The third-order valence-electron chi connectivity index (χ3n) is 3.91. The van der Waals surface area contributed by atoms with Crippen LogP contribution in [0.1, 0.15) is 28.4 Å². The first-order valence-electron chi connectivity index (χ1n) is 7.95. The van der Waals surface area contributed by atoms with Crippen LogP contribution in [-0.4, -0.2) is 29.8 Å². The van der Waals surface area contributed by atoms with E-state index >= 15 is 0 Å². The second-order valence-electron chi connectivity index (χ2n) is 5.53. The fraction of sp³-hybridized carbons (Fsp3) is 0.200. The van der Waals surface area contributed by atoms with Crippen LogP contribution in [0, 0.1) is 0 Å². The number of hydrogen-bond donors (Lipinski definition) is 1. The molecule has 1 heterocycles. The molecule has 0 saturated carbocycles. The van der Waals surface area contributed by atoms with Crippen molar-refractivity contribution in [1.29, 1.82) is 0 Å². The van der Waals surface area contributed by atoms with Crippen molar-refractivity contribution in [2.45, 2.75) is 13.3 Å². The molecule has 1 aliphatic heterocycles. The number of fused-ring (bicyclic) bond motifs is 1. The van der Waals surface area contributed by atoms with Crippen LogP contribution in [0.4, 0.5) is 0 Å². The summed E-state index contributed by atoms with van der Waals surface area (Å²) >= 11 is 0. The Morgan fingerprint density at radius 1 is 1.29 bits per heavy atom. The van der Waals surface area contributed by atoms with Crippen LogP contribution in [0.3, 0.4) is 0 Å². The van der Waals surface area contributed by atoms with Crippen molar-refractivity contribution in [3.63, 3.8) is 0 Å². The predicted molar refractivity (Wildman–Crippen MR) is 94.3 cm³/mol. The smallest absolute Gasteiger partial charge is 0.211 e. The maximum Gasteiger partial charge on any atom is 0.211 e. The zero-order valence-corrected chi connectivity index (χ0v) is 13.5. The van der Waals surface area contributed by atoms with Crippen LogP contribution in [0.15, 0.2) is 59.6 Å². The number of phenolic OH excluding ortho intramolecular Hbond substituents is 1. The lowest BCUT2D eigenvalue weighted by Crippen LogP contribution is -2.22. The van der Waals surface area contributed by atoms with Crippen molar-refractivity contribution < 1.29 is 14.6 Å². The molecule has 1 aliphatic rings. The summed E-state index contributed by atoms with van der Waals surface area (Å²) < 4.78 is 5.56. The van der Waals surface area contributed by atoms with Crippen LogP contribution in [-0.2, 0) is 6.42 Å². The van der Waals surface area contributed by atoms with Gasteiger partial charge in [0, 0.05) is 17.7 Å². The van der Waals surface area contributed by atoms with Crippen molar-refractivity contribution in [2.75, 3.05) is 13.2 Å². The summed E-state index contributed by atoms with van der Waals surface area (Å²) in [5, 5.41) is 10.2. The molecule has 0 spiro atoms. The highest BCUT2D eigenvalue weighted by Gasteiger charge is 2.23. The Bertz CT molecular complexity index is 807. The van der Waals surface area contributed by atoms with Gasteiger partial charge in [0.25, 0.3) is 0 Å². The number of Topliss-reactive ketones (excluding diaryl/α,β-unsaturated/α-hetero) is 1. The third-order valence-corrected chi connectivity index (χ3v) is 3.91. The van der Waals surface area contributed by atoms with Crippen molar-refractivity contribution in [3.05, 3.63) is 71.3 Å². The van der Waals surface area contributed by atoms with Gasteiger partial charge < -0.3 is 9.84 Å². The van der Waals surface area contributed by atoms with E-state index < -0.39 is 0 Å². The SMILES string of the molecule is C/C=C/COc1cc2c(cc1O)C(C(=O)c1ccccc1)=NCC2. The molecule has 0 fully saturated rings. The van der Waals surface area contributed by atoms with E-state index in [4.69, 9.17) is 4.74 Å². The highest BCUT2D eigenvalue weighted by Crippen LogP contribution is 2.32. The average Bonchev–Trinajstić information content (AvgIpc) is 2.62. The zero-order chi connectivity index (χ0) is 16.9. The molecule has 0 amide bonds. The molecular formula is C20H19NO3. The molecule has 0 aliphatic carbocycles. The molecule has 0 aromatic heterocycles. The number of nitrogens with zero attached hydrogens (tertiary/aromatic N) is 1. The molecule has 4 heteroatoms. The van der Waals surface area contributed by atoms with Gasteiger partial charge in [-0.25, -0.2) is 0 Å². The van der Waals surface area contributed by atoms with Crippen molar-refractivity contribution in [3.8, 4) is 11.5 Å². The number of aromatic hydroxyl groups is 1. The number of allylic oxidation sites excluding steroid dienone is 1. The van der Waals surface area contributed by atoms with E-state index in [2.05, 4.69) is 4.99 Å². The number of carbonyl (C=O) groups excluding carboxylic acids is 1. The van der Waals surface area contributed by atoms with Crippen molar-refractivity contribution in [2.24, 2.45) is 4.99 Å². The Kier molecular flexibility index (Phi) is 4.75. The van der Waals surface area contributed by atoms with Crippen LogP contribution in [0.5, 0.6) is 11.5 Å². The number of carbonyl (C=O) groups is 1. The zero-order valence-electron chi connectivity index (χ0n) is 13.5. The van der Waals surface area contributed by atoms with Gasteiger partial charge in [-0.05, 0) is 31.0 Å². The summed E-state index contributed by atoms with van der Waals surface area (Å²) in [5.41, 5.74) is 2.65. The monoisotopic (exact) mass is 321 g/mol. The predicted octanol–water partition coefficient (Wildman–Crippen LogP) is 3.58. The largest absolute Gasteiger partial charge is 0.504 e. The van der Waals surface area contributed by atoms with Crippen molar-refractivity contribution in [1.82, 2.24) is 0 Å². The Morgan fingerprint density at radius 2 is 2.08 bits per heavy atom. The maximum atomic E-state index is 12.7. The second-order valence-corrected chi connectivity index (χ2v) is 5.53. The number of ether oxygens (including phenoxy) is 1. The minimum atomic E-state index is -0.126. The van der Waals surface area contributed by atoms with Gasteiger partial charge in [-0.1, -0.05) is 42.5 Å². The minimum Gasteiger partial charge on any atom is -0.504 e. The first kappa shape index (κ1) is 16.0. The summed E-state index contributed by atoms with van der Waals surface area (Å²) in [4.78, 5) is 17.1. The van der Waals surface area contributed by atoms with E-state index in [0.717, 1.165) is 12.0 Å². The Hall–Kier alpha value is -2.88. The topological polar surface area (TPSA) is 58.9 Å². The van der Waals surface area contributed by atoms with Gasteiger partial charge in [0.2, 0.25) is 5.78 Å². The maximum absolute atomic E-state index is 12.7. The Labute approximate surface area is 141 Å². The summed E-state index contributed by atoms with van der Waals surface area (Å²) in [6, 6.07) is 12.5. The van der Waals surface area contributed by atoms with E-state index in [1.807, 2.05) is 37.3 Å². The minimum absolute atomic E-state index is 0.0220. The van der Waals surface area contributed by atoms with Crippen LogP contribution in [0.2, 0.25) is 0 Å². The number of rotatable bonds is 5. The molecular weight excluding hydrogens is 302 g/mol. The number of ketones is 1. The standard InChI is InChI=1S/C20H19NO3/c1-2-3-11-24-18-12-15-9-10-21-19(16(15)13-17(18)22)20(23)14-7-5-4-6-8-14/h2-8,12-13,22H,9-11H2,1H3/b3-2+. The number of phenols is 1. The lowest BCUT2D eigenvalue weighted by Gasteiger charge is -2.18. The van der Waals surface area contributed by atoms with Crippen molar-refractivity contribution >= 4 is 11.5 Å².